The number of hydrogen-bond acceptors (Lipinski definition) is 4. The van der Waals surface area contributed by atoms with Crippen molar-refractivity contribution in [2.75, 3.05) is 6.54 Å². The molecule has 1 aliphatic carbocycles. The summed E-state index contributed by atoms with van der Waals surface area (Å²) in [6, 6.07) is 2.17. The molecule has 0 aromatic carbocycles. The molecule has 0 aliphatic heterocycles. The quantitative estimate of drug-likeness (QED) is 0.770. The van der Waals surface area contributed by atoms with E-state index in [1.54, 1.807) is 11.4 Å². The fourth-order valence-corrected chi connectivity index (χ4v) is 4.70. The molecule has 1 aromatic rings. The Bertz CT molecular complexity index is 572. The molecule has 0 saturated heterocycles. The predicted octanol–water partition coefficient (Wildman–Crippen LogP) is 2.96. The van der Waals surface area contributed by atoms with Crippen LogP contribution in [0.3, 0.4) is 0 Å². The molecular weight excluding hydrogens is 304 g/mol. The Labute approximate surface area is 132 Å². The standard InChI is InChI=1S/C15H26N2O2S2/c1-11(2)15(5-6-15)10-17-21(18,19)14-7-13(20-9-14)8-16-12(3)4/h7,9,11-12,16-17H,5-6,8,10H2,1-4H3. The molecule has 0 spiro atoms. The molecule has 120 valence electrons. The fourth-order valence-electron chi connectivity index (χ4n) is 2.34. The van der Waals surface area contributed by atoms with Crippen LogP contribution in [0, 0.1) is 11.3 Å². The van der Waals surface area contributed by atoms with E-state index in [9.17, 15) is 8.42 Å². The van der Waals surface area contributed by atoms with Gasteiger partial charge in [0.1, 0.15) is 0 Å². The largest absolute Gasteiger partial charge is 0.310 e. The molecule has 21 heavy (non-hydrogen) atoms. The van der Waals surface area contributed by atoms with E-state index in [1.807, 2.05) is 0 Å². The highest BCUT2D eigenvalue weighted by atomic mass is 32.2. The minimum Gasteiger partial charge on any atom is -0.310 e. The first-order valence-corrected chi connectivity index (χ1v) is 9.92. The average molecular weight is 331 g/mol. The van der Waals surface area contributed by atoms with Crippen LogP contribution in [0.4, 0.5) is 0 Å². The lowest BCUT2D eigenvalue weighted by Crippen LogP contribution is -2.32. The van der Waals surface area contributed by atoms with Crippen LogP contribution in [0.2, 0.25) is 0 Å². The SMILES string of the molecule is CC(C)NCc1cc(S(=O)(=O)NCC2(C(C)C)CC2)cs1. The summed E-state index contributed by atoms with van der Waals surface area (Å²) >= 11 is 1.49. The molecule has 1 aromatic heterocycles. The van der Waals surface area contributed by atoms with Crippen molar-refractivity contribution in [2.45, 2.75) is 58.0 Å². The van der Waals surface area contributed by atoms with Gasteiger partial charge in [0.15, 0.2) is 0 Å². The molecule has 1 fully saturated rings. The first-order valence-electron chi connectivity index (χ1n) is 7.56. The highest BCUT2D eigenvalue weighted by Crippen LogP contribution is 2.51. The van der Waals surface area contributed by atoms with Crippen LogP contribution in [0.5, 0.6) is 0 Å². The highest BCUT2D eigenvalue weighted by molar-refractivity contribution is 7.89. The minimum atomic E-state index is -3.37. The number of sulfonamides is 1. The van der Waals surface area contributed by atoms with Crippen molar-refractivity contribution >= 4 is 21.4 Å². The number of rotatable bonds is 8. The molecule has 1 saturated carbocycles. The second-order valence-electron chi connectivity index (χ2n) is 6.63. The second kappa shape index (κ2) is 6.36. The first kappa shape index (κ1) is 16.9. The van der Waals surface area contributed by atoms with E-state index >= 15 is 0 Å². The monoisotopic (exact) mass is 330 g/mol. The molecule has 6 heteroatoms. The summed E-state index contributed by atoms with van der Waals surface area (Å²) in [4.78, 5) is 1.45. The third-order valence-electron chi connectivity index (χ3n) is 4.36. The maximum atomic E-state index is 12.4. The van der Waals surface area contributed by atoms with Gasteiger partial charge in [-0.15, -0.1) is 11.3 Å². The normalized spacial score (nSPS) is 17.6. The van der Waals surface area contributed by atoms with Gasteiger partial charge in [0.05, 0.1) is 4.90 Å². The molecule has 0 amide bonds. The lowest BCUT2D eigenvalue weighted by atomic mass is 9.93. The van der Waals surface area contributed by atoms with Crippen molar-refractivity contribution in [2.24, 2.45) is 11.3 Å². The second-order valence-corrected chi connectivity index (χ2v) is 9.39. The van der Waals surface area contributed by atoms with Crippen molar-refractivity contribution in [1.29, 1.82) is 0 Å². The molecule has 4 nitrogen and oxygen atoms in total. The lowest BCUT2D eigenvalue weighted by molar-refractivity contribution is 0.357. The van der Waals surface area contributed by atoms with Crippen LogP contribution in [0.25, 0.3) is 0 Å². The van der Waals surface area contributed by atoms with Gasteiger partial charge in [0, 0.05) is 29.4 Å². The van der Waals surface area contributed by atoms with Gasteiger partial charge in [0.25, 0.3) is 0 Å². The van der Waals surface area contributed by atoms with E-state index in [2.05, 4.69) is 37.7 Å². The molecule has 0 unspecified atom stereocenters. The lowest BCUT2D eigenvalue weighted by Gasteiger charge is -2.19. The Hall–Kier alpha value is -0.430. The topological polar surface area (TPSA) is 58.2 Å². The fraction of sp³-hybridized carbons (Fsp3) is 0.733. The Morgan fingerprint density at radius 3 is 2.48 bits per heavy atom. The van der Waals surface area contributed by atoms with E-state index in [0.29, 0.717) is 29.9 Å². The molecule has 0 radical (unpaired) electrons. The maximum absolute atomic E-state index is 12.4. The molecule has 0 bridgehead atoms. The van der Waals surface area contributed by atoms with Gasteiger partial charge in [-0.05, 0) is 30.2 Å². The van der Waals surface area contributed by atoms with E-state index in [-0.39, 0.29) is 5.41 Å². The summed E-state index contributed by atoms with van der Waals surface area (Å²) in [5.74, 6) is 0.522. The van der Waals surface area contributed by atoms with Crippen LogP contribution >= 0.6 is 11.3 Å². The van der Waals surface area contributed by atoms with Crippen molar-refractivity contribution < 1.29 is 8.42 Å². The van der Waals surface area contributed by atoms with Crippen molar-refractivity contribution in [1.82, 2.24) is 10.0 Å². The minimum absolute atomic E-state index is 0.186. The van der Waals surface area contributed by atoms with Crippen LogP contribution in [-0.2, 0) is 16.6 Å². The first-order chi connectivity index (χ1) is 9.75. The Morgan fingerprint density at radius 1 is 1.29 bits per heavy atom. The zero-order valence-electron chi connectivity index (χ0n) is 13.3. The summed E-state index contributed by atoms with van der Waals surface area (Å²) in [7, 11) is -3.37. The zero-order chi connectivity index (χ0) is 15.7. The van der Waals surface area contributed by atoms with Gasteiger partial charge < -0.3 is 5.32 Å². The summed E-state index contributed by atoms with van der Waals surface area (Å²) in [5.41, 5.74) is 0.186. The van der Waals surface area contributed by atoms with E-state index in [0.717, 1.165) is 17.7 Å². The third kappa shape index (κ3) is 4.28. The summed E-state index contributed by atoms with van der Waals surface area (Å²) in [6.07, 6.45) is 2.25. The predicted molar refractivity (Wildman–Crippen MR) is 88.0 cm³/mol. The van der Waals surface area contributed by atoms with E-state index in [1.165, 1.54) is 11.3 Å². The average Bonchev–Trinajstić information content (AvgIpc) is 3.04. The van der Waals surface area contributed by atoms with Gasteiger partial charge in [-0.1, -0.05) is 27.7 Å². The summed E-state index contributed by atoms with van der Waals surface area (Å²) < 4.78 is 27.5. The van der Waals surface area contributed by atoms with E-state index < -0.39 is 10.0 Å². The molecule has 1 aliphatic rings. The Balaban J connectivity index is 1.96. The van der Waals surface area contributed by atoms with Gasteiger partial charge in [-0.2, -0.15) is 0 Å². The Kier molecular flexibility index (Phi) is 5.13. The number of thiophene rings is 1. The summed E-state index contributed by atoms with van der Waals surface area (Å²) in [6.45, 7) is 9.76. The van der Waals surface area contributed by atoms with Gasteiger partial charge in [-0.3, -0.25) is 0 Å². The molecule has 0 atom stereocenters. The molecule has 2 N–H and O–H groups in total. The van der Waals surface area contributed by atoms with E-state index in [4.69, 9.17) is 0 Å². The van der Waals surface area contributed by atoms with Gasteiger partial charge >= 0.3 is 0 Å². The van der Waals surface area contributed by atoms with Gasteiger partial charge in [0.2, 0.25) is 10.0 Å². The van der Waals surface area contributed by atoms with Crippen LogP contribution < -0.4 is 10.0 Å². The number of hydrogen-bond donors (Lipinski definition) is 2. The zero-order valence-corrected chi connectivity index (χ0v) is 14.9. The smallest absolute Gasteiger partial charge is 0.241 e. The Morgan fingerprint density at radius 2 is 1.95 bits per heavy atom. The van der Waals surface area contributed by atoms with Crippen molar-refractivity contribution in [3.05, 3.63) is 16.3 Å². The molecular formula is C15H26N2O2S2. The third-order valence-corrected chi connectivity index (χ3v) is 6.82. The summed E-state index contributed by atoms with van der Waals surface area (Å²) in [5, 5.41) is 5.03. The molecule has 2 rings (SSSR count). The molecule has 1 heterocycles. The number of nitrogens with one attached hydrogen (secondary N) is 2. The van der Waals surface area contributed by atoms with Crippen molar-refractivity contribution in [3.8, 4) is 0 Å². The van der Waals surface area contributed by atoms with Gasteiger partial charge in [-0.25, -0.2) is 13.1 Å². The van der Waals surface area contributed by atoms with Crippen LogP contribution in [0.1, 0.15) is 45.4 Å². The van der Waals surface area contributed by atoms with Crippen molar-refractivity contribution in [3.63, 3.8) is 0 Å². The van der Waals surface area contributed by atoms with Crippen LogP contribution in [-0.4, -0.2) is 21.0 Å². The maximum Gasteiger partial charge on any atom is 0.241 e. The van der Waals surface area contributed by atoms with Crippen LogP contribution in [0.15, 0.2) is 16.3 Å². The highest BCUT2D eigenvalue weighted by Gasteiger charge is 2.45.